The molecule has 0 radical (unpaired) electrons. The van der Waals surface area contributed by atoms with Crippen molar-refractivity contribution in [2.75, 3.05) is 5.73 Å². The fourth-order valence-electron chi connectivity index (χ4n) is 3.33. The van der Waals surface area contributed by atoms with Gasteiger partial charge < -0.3 is 10.3 Å². The van der Waals surface area contributed by atoms with E-state index in [4.69, 9.17) is 5.73 Å². The van der Waals surface area contributed by atoms with Crippen LogP contribution in [-0.2, 0) is 7.05 Å². The van der Waals surface area contributed by atoms with Gasteiger partial charge in [-0.05, 0) is 31.0 Å². The molecule has 0 atom stereocenters. The highest BCUT2D eigenvalue weighted by molar-refractivity contribution is 6.07. The Morgan fingerprint density at radius 3 is 2.36 bits per heavy atom. The predicted molar refractivity (Wildman–Crippen MR) is 91.4 cm³/mol. The minimum absolute atomic E-state index is 0.538. The lowest BCUT2D eigenvalue weighted by Gasteiger charge is -2.12. The lowest BCUT2D eigenvalue weighted by atomic mass is 10.1. The van der Waals surface area contributed by atoms with Crippen molar-refractivity contribution >= 4 is 28.0 Å². The van der Waals surface area contributed by atoms with Gasteiger partial charge >= 0.3 is 0 Å². The Bertz CT molecular complexity index is 1000. The van der Waals surface area contributed by atoms with Crippen molar-refractivity contribution in [3.8, 4) is 5.69 Å². The van der Waals surface area contributed by atoms with Crippen LogP contribution < -0.4 is 5.73 Å². The first kappa shape index (κ1) is 13.0. The maximum Gasteiger partial charge on any atom is 0.202 e. The van der Waals surface area contributed by atoms with E-state index in [0.717, 1.165) is 16.7 Å². The maximum absolute atomic E-state index is 6.05. The van der Waals surface area contributed by atoms with Crippen LogP contribution in [0.4, 0.5) is 5.95 Å². The van der Waals surface area contributed by atoms with Gasteiger partial charge in [0, 0.05) is 12.4 Å². The number of nitrogens with two attached hydrogens (primary N) is 1. The summed E-state index contributed by atoms with van der Waals surface area (Å²) in [5, 5.41) is 1.17. The monoisotopic (exact) mass is 290 g/mol. The van der Waals surface area contributed by atoms with Gasteiger partial charge in [0.05, 0.1) is 16.7 Å². The van der Waals surface area contributed by atoms with E-state index in [9.17, 15) is 0 Å². The molecule has 22 heavy (non-hydrogen) atoms. The minimum Gasteiger partial charge on any atom is -0.369 e. The summed E-state index contributed by atoms with van der Waals surface area (Å²) in [6.45, 7) is 4.27. The van der Waals surface area contributed by atoms with E-state index in [2.05, 4.69) is 65.9 Å². The molecule has 0 saturated heterocycles. The van der Waals surface area contributed by atoms with Gasteiger partial charge in [0.15, 0.2) is 5.65 Å². The van der Waals surface area contributed by atoms with Crippen LogP contribution in [0.25, 0.3) is 27.8 Å². The number of imidazole rings is 1. The van der Waals surface area contributed by atoms with E-state index in [1.807, 2.05) is 11.6 Å². The van der Waals surface area contributed by atoms with Gasteiger partial charge in [-0.2, -0.15) is 4.98 Å². The molecular weight excluding hydrogens is 272 g/mol. The third kappa shape index (κ3) is 1.55. The second-order valence-corrected chi connectivity index (χ2v) is 5.79. The van der Waals surface area contributed by atoms with Gasteiger partial charge in [-0.1, -0.05) is 36.4 Å². The lowest BCUT2D eigenvalue weighted by Crippen LogP contribution is -2.01. The molecule has 0 aliphatic carbocycles. The fraction of sp³-hybridized carbons (Fsp3) is 0.167. The van der Waals surface area contributed by atoms with Gasteiger partial charge in [-0.25, -0.2) is 0 Å². The van der Waals surface area contributed by atoms with E-state index in [1.165, 1.54) is 22.2 Å². The second-order valence-electron chi connectivity index (χ2n) is 5.79. The predicted octanol–water partition coefficient (Wildman–Crippen LogP) is 3.72. The summed E-state index contributed by atoms with van der Waals surface area (Å²) >= 11 is 0. The Hall–Kier alpha value is -2.75. The molecule has 0 aliphatic rings. The van der Waals surface area contributed by atoms with E-state index in [1.54, 1.807) is 0 Å². The molecule has 0 fully saturated rings. The third-order valence-electron chi connectivity index (χ3n) is 4.39. The number of aryl methyl sites for hydroxylation is 3. The Kier molecular flexibility index (Phi) is 2.57. The fourth-order valence-corrected chi connectivity index (χ4v) is 3.33. The molecule has 2 aromatic heterocycles. The van der Waals surface area contributed by atoms with E-state index in [0.29, 0.717) is 5.95 Å². The molecule has 4 rings (SSSR count). The highest BCUT2D eigenvalue weighted by Crippen LogP contribution is 2.34. The molecule has 0 spiro atoms. The highest BCUT2D eigenvalue weighted by Gasteiger charge is 2.19. The molecule has 0 bridgehead atoms. The van der Waals surface area contributed by atoms with Crippen LogP contribution in [0.3, 0.4) is 0 Å². The number of benzene rings is 2. The van der Waals surface area contributed by atoms with Crippen molar-refractivity contribution in [1.82, 2.24) is 14.1 Å². The summed E-state index contributed by atoms with van der Waals surface area (Å²) in [5.74, 6) is 0.538. The molecule has 110 valence electrons. The smallest absolute Gasteiger partial charge is 0.202 e. The Morgan fingerprint density at radius 1 is 0.955 bits per heavy atom. The molecule has 2 heterocycles. The zero-order valence-electron chi connectivity index (χ0n) is 13.0. The van der Waals surface area contributed by atoms with E-state index >= 15 is 0 Å². The van der Waals surface area contributed by atoms with Crippen molar-refractivity contribution in [3.63, 3.8) is 0 Å². The molecule has 0 unspecified atom stereocenters. The van der Waals surface area contributed by atoms with Gasteiger partial charge in [0.2, 0.25) is 5.95 Å². The first-order valence-electron chi connectivity index (χ1n) is 7.37. The van der Waals surface area contributed by atoms with Crippen molar-refractivity contribution in [2.24, 2.45) is 7.05 Å². The number of fused-ring (bicyclic) bond motifs is 3. The molecule has 0 saturated carbocycles. The van der Waals surface area contributed by atoms with Crippen LogP contribution in [0.2, 0.25) is 0 Å². The normalized spacial score (nSPS) is 11.6. The average molecular weight is 290 g/mol. The third-order valence-corrected chi connectivity index (χ3v) is 4.39. The Labute approximate surface area is 128 Å². The SMILES string of the molecule is Cc1cccc(C)c1-n1c2ccccc2c2c1nc(N)n2C. The van der Waals surface area contributed by atoms with Crippen LogP contribution in [0.1, 0.15) is 11.1 Å². The molecule has 0 aliphatic heterocycles. The number of hydrogen-bond acceptors (Lipinski definition) is 2. The topological polar surface area (TPSA) is 48.8 Å². The highest BCUT2D eigenvalue weighted by atomic mass is 15.2. The zero-order chi connectivity index (χ0) is 15.4. The number of nitrogens with zero attached hydrogens (tertiary/aromatic N) is 3. The Morgan fingerprint density at radius 2 is 1.64 bits per heavy atom. The maximum atomic E-state index is 6.05. The van der Waals surface area contributed by atoms with E-state index in [-0.39, 0.29) is 0 Å². The summed E-state index contributed by atoms with van der Waals surface area (Å²) in [6, 6.07) is 14.7. The zero-order valence-corrected chi connectivity index (χ0v) is 13.0. The number of anilines is 1. The van der Waals surface area contributed by atoms with Gasteiger partial charge in [0.25, 0.3) is 0 Å². The van der Waals surface area contributed by atoms with Gasteiger partial charge in [-0.15, -0.1) is 0 Å². The summed E-state index contributed by atoms with van der Waals surface area (Å²) in [4.78, 5) is 4.61. The summed E-state index contributed by atoms with van der Waals surface area (Å²) in [5.41, 5.74) is 12.8. The molecular formula is C18H18N4. The molecule has 2 N–H and O–H groups in total. The van der Waals surface area contributed by atoms with E-state index < -0.39 is 0 Å². The van der Waals surface area contributed by atoms with Crippen molar-refractivity contribution in [2.45, 2.75) is 13.8 Å². The number of rotatable bonds is 1. The van der Waals surface area contributed by atoms with Gasteiger partial charge in [-0.3, -0.25) is 4.57 Å². The first-order valence-corrected chi connectivity index (χ1v) is 7.37. The van der Waals surface area contributed by atoms with Crippen LogP contribution in [0.15, 0.2) is 42.5 Å². The van der Waals surface area contributed by atoms with Crippen molar-refractivity contribution in [1.29, 1.82) is 0 Å². The van der Waals surface area contributed by atoms with Crippen molar-refractivity contribution in [3.05, 3.63) is 53.6 Å². The number of para-hydroxylation sites is 2. The molecule has 4 nitrogen and oxygen atoms in total. The Balaban J connectivity index is 2.28. The number of hydrogen-bond donors (Lipinski definition) is 1. The minimum atomic E-state index is 0.538. The number of aromatic nitrogens is 3. The largest absolute Gasteiger partial charge is 0.369 e. The lowest BCUT2D eigenvalue weighted by molar-refractivity contribution is 0.968. The van der Waals surface area contributed by atoms with Crippen LogP contribution in [-0.4, -0.2) is 14.1 Å². The summed E-state index contributed by atoms with van der Waals surface area (Å²) < 4.78 is 4.19. The van der Waals surface area contributed by atoms with Crippen molar-refractivity contribution < 1.29 is 0 Å². The second kappa shape index (κ2) is 4.37. The number of nitrogen functional groups attached to an aromatic ring is 1. The summed E-state index contributed by atoms with van der Waals surface area (Å²) in [7, 11) is 1.96. The quantitative estimate of drug-likeness (QED) is 0.581. The van der Waals surface area contributed by atoms with Crippen LogP contribution >= 0.6 is 0 Å². The molecule has 2 aromatic carbocycles. The van der Waals surface area contributed by atoms with Crippen LogP contribution in [0, 0.1) is 13.8 Å². The standard InChI is InChI=1S/C18H18N4/c1-11-7-6-8-12(2)15(11)22-14-10-5-4-9-13(14)16-17(22)20-18(19)21(16)3/h4-10H,1-3H3,(H2,19,20). The average Bonchev–Trinajstić information content (AvgIpc) is 2.95. The molecule has 0 amide bonds. The molecule has 4 heteroatoms. The molecule has 4 aromatic rings. The van der Waals surface area contributed by atoms with Gasteiger partial charge in [0.1, 0.15) is 0 Å². The first-order chi connectivity index (χ1) is 10.6. The van der Waals surface area contributed by atoms with Crippen LogP contribution in [0.5, 0.6) is 0 Å². The summed E-state index contributed by atoms with van der Waals surface area (Å²) in [6.07, 6.45) is 0.